The van der Waals surface area contributed by atoms with Crippen LogP contribution in [-0.2, 0) is 11.3 Å². The fourth-order valence-electron chi connectivity index (χ4n) is 3.14. The Morgan fingerprint density at radius 3 is 2.64 bits per heavy atom. The van der Waals surface area contributed by atoms with E-state index in [2.05, 4.69) is 27.1 Å². The van der Waals surface area contributed by atoms with Crippen molar-refractivity contribution in [3.63, 3.8) is 0 Å². The van der Waals surface area contributed by atoms with E-state index >= 15 is 0 Å². The highest BCUT2D eigenvalue weighted by atomic mass is 79.9. The van der Waals surface area contributed by atoms with Gasteiger partial charge in [-0.25, -0.2) is 4.79 Å². The van der Waals surface area contributed by atoms with Crippen LogP contribution in [0.15, 0.2) is 40.9 Å². The van der Waals surface area contributed by atoms with Gasteiger partial charge in [-0.3, -0.25) is 4.68 Å². The van der Waals surface area contributed by atoms with E-state index < -0.39 is 0 Å². The number of hydrogen-bond acceptors (Lipinski definition) is 4. The number of benzene rings is 2. The minimum atomic E-state index is -0.385. The molecule has 0 unspecified atom stereocenters. The molecular formula is C21H17BrClN3O2. The molecule has 3 aromatic rings. The minimum absolute atomic E-state index is 0.385. The van der Waals surface area contributed by atoms with Gasteiger partial charge in [0, 0.05) is 15.7 Å². The minimum Gasteiger partial charge on any atom is -0.465 e. The number of hydrogen-bond donors (Lipinski definition) is 0. The molecule has 0 radical (unpaired) electrons. The molecule has 0 saturated heterocycles. The molecular weight excluding hydrogens is 442 g/mol. The lowest BCUT2D eigenvalue weighted by molar-refractivity contribution is 0.0599. The summed E-state index contributed by atoms with van der Waals surface area (Å²) in [6, 6.07) is 13.0. The third-order valence-corrected chi connectivity index (χ3v) is 5.50. The van der Waals surface area contributed by atoms with E-state index in [0.717, 1.165) is 28.1 Å². The standard InChI is InChI=1S/C21H17BrClN3O2/c1-12-20(15-5-6-16(10-24)19(23)9-15)13(2)26(25-12)11-14-4-7-17(18(22)8-14)21(27)28-3/h4-9H,11H2,1-3H3. The van der Waals surface area contributed by atoms with Crippen LogP contribution in [0.3, 0.4) is 0 Å². The van der Waals surface area contributed by atoms with Gasteiger partial charge in [-0.1, -0.05) is 23.7 Å². The first-order valence-electron chi connectivity index (χ1n) is 8.46. The Morgan fingerprint density at radius 1 is 1.29 bits per heavy atom. The van der Waals surface area contributed by atoms with Crippen LogP contribution in [0.2, 0.25) is 5.02 Å². The van der Waals surface area contributed by atoms with Crippen molar-refractivity contribution in [1.82, 2.24) is 9.78 Å². The van der Waals surface area contributed by atoms with Gasteiger partial charge in [0.1, 0.15) is 6.07 Å². The predicted octanol–water partition coefficient (Wildman–Crippen LogP) is 5.29. The molecule has 7 heteroatoms. The summed E-state index contributed by atoms with van der Waals surface area (Å²) in [6.07, 6.45) is 0. The van der Waals surface area contributed by atoms with Crippen molar-refractivity contribution in [3.8, 4) is 17.2 Å². The maximum atomic E-state index is 11.7. The van der Waals surface area contributed by atoms with Gasteiger partial charge in [-0.2, -0.15) is 10.4 Å². The topological polar surface area (TPSA) is 67.9 Å². The Morgan fingerprint density at radius 2 is 2.04 bits per heavy atom. The number of nitrogens with zero attached hydrogens (tertiary/aromatic N) is 3. The molecule has 0 spiro atoms. The number of carbonyl (C=O) groups is 1. The smallest absolute Gasteiger partial charge is 0.339 e. The molecule has 28 heavy (non-hydrogen) atoms. The molecule has 5 nitrogen and oxygen atoms in total. The normalized spacial score (nSPS) is 10.6. The monoisotopic (exact) mass is 457 g/mol. The van der Waals surface area contributed by atoms with E-state index in [-0.39, 0.29) is 5.97 Å². The maximum Gasteiger partial charge on any atom is 0.339 e. The van der Waals surface area contributed by atoms with Crippen LogP contribution >= 0.6 is 27.5 Å². The lowest BCUT2D eigenvalue weighted by Crippen LogP contribution is -2.06. The van der Waals surface area contributed by atoms with E-state index in [1.54, 1.807) is 18.2 Å². The van der Waals surface area contributed by atoms with Crippen molar-refractivity contribution in [3.05, 3.63) is 74.0 Å². The van der Waals surface area contributed by atoms with Crippen LogP contribution in [0.1, 0.15) is 32.9 Å². The summed E-state index contributed by atoms with van der Waals surface area (Å²) in [6.45, 7) is 4.50. The fraction of sp³-hybridized carbons (Fsp3) is 0.190. The van der Waals surface area contributed by atoms with Crippen LogP contribution in [-0.4, -0.2) is 22.9 Å². The summed E-state index contributed by atoms with van der Waals surface area (Å²) in [4.78, 5) is 11.7. The molecule has 0 aliphatic carbocycles. The van der Waals surface area contributed by atoms with Crippen molar-refractivity contribution in [2.45, 2.75) is 20.4 Å². The number of methoxy groups -OCH3 is 1. The predicted molar refractivity (Wildman–Crippen MR) is 111 cm³/mol. The van der Waals surface area contributed by atoms with Crippen LogP contribution < -0.4 is 0 Å². The molecule has 0 fully saturated rings. The first-order chi connectivity index (χ1) is 13.3. The first kappa shape index (κ1) is 20.1. The number of rotatable bonds is 4. The van der Waals surface area contributed by atoms with Crippen LogP contribution in [0.25, 0.3) is 11.1 Å². The average Bonchev–Trinajstić information content (AvgIpc) is 2.94. The highest BCUT2D eigenvalue weighted by Crippen LogP contribution is 2.31. The third kappa shape index (κ3) is 3.82. The van der Waals surface area contributed by atoms with Crippen molar-refractivity contribution in [1.29, 1.82) is 5.26 Å². The van der Waals surface area contributed by atoms with Gasteiger partial charge in [-0.15, -0.1) is 0 Å². The molecule has 0 atom stereocenters. The molecule has 3 rings (SSSR count). The van der Waals surface area contributed by atoms with E-state index in [0.29, 0.717) is 27.2 Å². The van der Waals surface area contributed by atoms with Crippen LogP contribution in [0.5, 0.6) is 0 Å². The molecule has 1 heterocycles. The number of halogens is 2. The van der Waals surface area contributed by atoms with Gasteiger partial charge in [0.05, 0.1) is 35.5 Å². The summed E-state index contributed by atoms with van der Waals surface area (Å²) >= 11 is 9.62. The molecule has 0 saturated carbocycles. The van der Waals surface area contributed by atoms with Crippen molar-refractivity contribution in [2.24, 2.45) is 0 Å². The van der Waals surface area contributed by atoms with Gasteiger partial charge in [0.2, 0.25) is 0 Å². The Labute approximate surface area is 176 Å². The summed E-state index contributed by atoms with van der Waals surface area (Å²) in [7, 11) is 1.36. The van der Waals surface area contributed by atoms with E-state index in [1.807, 2.05) is 36.7 Å². The molecule has 0 aliphatic rings. The maximum absolute atomic E-state index is 11.7. The Kier molecular flexibility index (Phi) is 5.87. The molecule has 0 N–H and O–H groups in total. The Balaban J connectivity index is 1.95. The second-order valence-electron chi connectivity index (χ2n) is 6.32. The van der Waals surface area contributed by atoms with Gasteiger partial charge in [0.15, 0.2) is 0 Å². The zero-order valence-corrected chi connectivity index (χ0v) is 17.9. The van der Waals surface area contributed by atoms with E-state index in [9.17, 15) is 4.79 Å². The lowest BCUT2D eigenvalue weighted by atomic mass is 10.0. The quantitative estimate of drug-likeness (QED) is 0.498. The highest BCUT2D eigenvalue weighted by molar-refractivity contribution is 9.10. The molecule has 0 bridgehead atoms. The van der Waals surface area contributed by atoms with Gasteiger partial charge >= 0.3 is 5.97 Å². The highest BCUT2D eigenvalue weighted by Gasteiger charge is 2.16. The zero-order chi connectivity index (χ0) is 20.4. The number of esters is 1. The number of nitriles is 1. The van der Waals surface area contributed by atoms with Crippen molar-refractivity contribution in [2.75, 3.05) is 7.11 Å². The van der Waals surface area contributed by atoms with Crippen molar-refractivity contribution < 1.29 is 9.53 Å². The molecule has 2 aromatic carbocycles. The van der Waals surface area contributed by atoms with Crippen LogP contribution in [0, 0.1) is 25.2 Å². The van der Waals surface area contributed by atoms with Gasteiger partial charge in [0.25, 0.3) is 0 Å². The molecule has 0 aliphatic heterocycles. The zero-order valence-electron chi connectivity index (χ0n) is 15.6. The summed E-state index contributed by atoms with van der Waals surface area (Å²) in [5.74, 6) is -0.385. The number of aromatic nitrogens is 2. The number of ether oxygens (including phenoxy) is 1. The molecule has 0 amide bonds. The SMILES string of the molecule is COC(=O)c1ccc(Cn2nc(C)c(-c3ccc(C#N)c(Cl)c3)c2C)cc1Br. The number of carbonyl (C=O) groups excluding carboxylic acids is 1. The van der Waals surface area contributed by atoms with Gasteiger partial charge < -0.3 is 4.74 Å². The summed E-state index contributed by atoms with van der Waals surface area (Å²) in [5.41, 5.74) is 5.71. The second kappa shape index (κ2) is 8.17. The van der Waals surface area contributed by atoms with E-state index in [4.69, 9.17) is 21.6 Å². The fourth-order valence-corrected chi connectivity index (χ4v) is 3.95. The number of aryl methyl sites for hydroxylation is 1. The van der Waals surface area contributed by atoms with Crippen LogP contribution in [0.4, 0.5) is 0 Å². The average molecular weight is 459 g/mol. The second-order valence-corrected chi connectivity index (χ2v) is 7.58. The first-order valence-corrected chi connectivity index (χ1v) is 9.63. The summed E-state index contributed by atoms with van der Waals surface area (Å²) in [5, 5.41) is 14.1. The molecule has 142 valence electrons. The third-order valence-electron chi connectivity index (χ3n) is 4.53. The lowest BCUT2D eigenvalue weighted by Gasteiger charge is -2.09. The molecule has 1 aromatic heterocycles. The summed E-state index contributed by atoms with van der Waals surface area (Å²) < 4.78 is 7.36. The largest absolute Gasteiger partial charge is 0.465 e. The van der Waals surface area contributed by atoms with Crippen molar-refractivity contribution >= 4 is 33.5 Å². The Hall–Kier alpha value is -2.62. The Bertz CT molecular complexity index is 1120. The van der Waals surface area contributed by atoms with E-state index in [1.165, 1.54) is 7.11 Å². The van der Waals surface area contributed by atoms with Gasteiger partial charge in [-0.05, 0) is 65.2 Å².